The van der Waals surface area contributed by atoms with Crippen molar-refractivity contribution >= 4 is 17.6 Å². The van der Waals surface area contributed by atoms with Crippen molar-refractivity contribution in [1.29, 1.82) is 0 Å². The highest BCUT2D eigenvalue weighted by molar-refractivity contribution is 6.00. The summed E-state index contributed by atoms with van der Waals surface area (Å²) in [7, 11) is 0. The number of hydrogen-bond acceptors (Lipinski definition) is 4. The van der Waals surface area contributed by atoms with Crippen molar-refractivity contribution in [2.45, 2.75) is 27.2 Å². The van der Waals surface area contributed by atoms with Crippen LogP contribution < -0.4 is 10.6 Å². The Labute approximate surface area is 112 Å². The largest absolute Gasteiger partial charge is 0.480 e. The molecule has 104 valence electrons. The number of anilines is 1. The zero-order valence-electron chi connectivity index (χ0n) is 11.4. The molecule has 1 aromatic heterocycles. The number of aromatic nitrogens is 1. The highest BCUT2D eigenvalue weighted by Gasteiger charge is 2.20. The zero-order valence-corrected chi connectivity index (χ0v) is 11.4. The summed E-state index contributed by atoms with van der Waals surface area (Å²) in [4.78, 5) is 28.3. The number of pyridine rings is 1. The predicted molar refractivity (Wildman–Crippen MR) is 72.4 cm³/mol. The summed E-state index contributed by atoms with van der Waals surface area (Å²) in [6.45, 7) is 5.81. The normalized spacial score (nSPS) is 10.3. The zero-order chi connectivity index (χ0) is 14.6. The highest BCUT2D eigenvalue weighted by Crippen LogP contribution is 2.23. The Morgan fingerprint density at radius 2 is 2.05 bits per heavy atom. The van der Waals surface area contributed by atoms with Gasteiger partial charge in [0.15, 0.2) is 0 Å². The molecule has 0 aliphatic rings. The van der Waals surface area contributed by atoms with Gasteiger partial charge in [-0.25, -0.2) is 0 Å². The van der Waals surface area contributed by atoms with Gasteiger partial charge in [-0.15, -0.1) is 0 Å². The first-order valence-corrected chi connectivity index (χ1v) is 6.11. The van der Waals surface area contributed by atoms with Crippen molar-refractivity contribution in [3.63, 3.8) is 0 Å². The molecule has 0 saturated heterocycles. The van der Waals surface area contributed by atoms with Gasteiger partial charge in [-0.3, -0.25) is 14.6 Å². The molecular formula is C13H19N3O3. The predicted octanol–water partition coefficient (Wildman–Crippen LogP) is 1.10. The van der Waals surface area contributed by atoms with E-state index < -0.39 is 11.9 Å². The van der Waals surface area contributed by atoms with Gasteiger partial charge in [-0.2, -0.15) is 0 Å². The quantitative estimate of drug-likeness (QED) is 0.802. The minimum atomic E-state index is -0.948. The van der Waals surface area contributed by atoms with Crippen LogP contribution in [-0.4, -0.2) is 35.1 Å². The van der Waals surface area contributed by atoms with E-state index in [0.29, 0.717) is 23.5 Å². The van der Waals surface area contributed by atoms with Crippen LogP contribution in [-0.2, 0) is 4.79 Å². The monoisotopic (exact) mass is 265 g/mol. The number of hydrogen-bond donors (Lipinski definition) is 2. The standard InChI is InChI=1S/C13H19N3O3/c1-4-5-16(7-11(17)18)10-6-8(2)15-9(3)12(10)13(14)19/h6H,4-5,7H2,1-3H3,(H2,14,19)(H,17,18). The summed E-state index contributed by atoms with van der Waals surface area (Å²) < 4.78 is 0. The molecule has 0 aliphatic carbocycles. The lowest BCUT2D eigenvalue weighted by molar-refractivity contribution is -0.135. The minimum Gasteiger partial charge on any atom is -0.480 e. The van der Waals surface area contributed by atoms with Crippen molar-refractivity contribution in [3.8, 4) is 0 Å². The summed E-state index contributed by atoms with van der Waals surface area (Å²) in [6.07, 6.45) is 0.770. The first-order valence-electron chi connectivity index (χ1n) is 6.11. The van der Waals surface area contributed by atoms with Crippen LogP contribution in [0.1, 0.15) is 35.1 Å². The van der Waals surface area contributed by atoms with Crippen LogP contribution in [0.25, 0.3) is 0 Å². The van der Waals surface area contributed by atoms with Gasteiger partial charge in [0.25, 0.3) is 5.91 Å². The highest BCUT2D eigenvalue weighted by atomic mass is 16.4. The average Bonchev–Trinajstić information content (AvgIpc) is 2.25. The van der Waals surface area contributed by atoms with Gasteiger partial charge in [0.1, 0.15) is 6.54 Å². The minimum absolute atomic E-state index is 0.170. The van der Waals surface area contributed by atoms with Gasteiger partial charge in [-0.05, 0) is 26.3 Å². The molecule has 0 radical (unpaired) electrons. The topological polar surface area (TPSA) is 96.5 Å². The lowest BCUT2D eigenvalue weighted by Crippen LogP contribution is -2.33. The lowest BCUT2D eigenvalue weighted by atomic mass is 10.1. The number of carbonyl (C=O) groups excluding carboxylic acids is 1. The molecule has 1 heterocycles. The summed E-state index contributed by atoms with van der Waals surface area (Å²) in [5, 5.41) is 8.97. The number of carboxylic acid groups (broad SMARTS) is 1. The maximum absolute atomic E-state index is 11.6. The Morgan fingerprint density at radius 3 is 2.53 bits per heavy atom. The summed E-state index contributed by atoms with van der Waals surface area (Å²) in [5.41, 5.74) is 7.46. The number of amides is 1. The van der Waals surface area contributed by atoms with Gasteiger partial charge < -0.3 is 15.7 Å². The van der Waals surface area contributed by atoms with Crippen LogP contribution in [0.3, 0.4) is 0 Å². The molecule has 0 fully saturated rings. The van der Waals surface area contributed by atoms with Crippen LogP contribution in [0.4, 0.5) is 5.69 Å². The Balaban J connectivity index is 3.34. The second-order valence-corrected chi connectivity index (χ2v) is 4.42. The Morgan fingerprint density at radius 1 is 1.42 bits per heavy atom. The third-order valence-electron chi connectivity index (χ3n) is 2.71. The Bertz CT molecular complexity index is 500. The van der Waals surface area contributed by atoms with E-state index in [1.54, 1.807) is 24.8 Å². The van der Waals surface area contributed by atoms with Crippen molar-refractivity contribution in [2.24, 2.45) is 5.73 Å². The second kappa shape index (κ2) is 6.17. The molecule has 6 heteroatoms. The molecule has 19 heavy (non-hydrogen) atoms. The maximum Gasteiger partial charge on any atom is 0.323 e. The first kappa shape index (κ1) is 14.9. The summed E-state index contributed by atoms with van der Waals surface area (Å²) in [6, 6.07) is 1.70. The fourth-order valence-corrected chi connectivity index (χ4v) is 2.08. The van der Waals surface area contributed by atoms with E-state index in [2.05, 4.69) is 4.98 Å². The SMILES string of the molecule is CCCN(CC(=O)O)c1cc(C)nc(C)c1C(N)=O. The molecule has 0 aromatic carbocycles. The third-order valence-corrected chi connectivity index (χ3v) is 2.71. The van der Waals surface area contributed by atoms with Crippen molar-refractivity contribution in [3.05, 3.63) is 23.0 Å². The van der Waals surface area contributed by atoms with Crippen molar-refractivity contribution in [2.75, 3.05) is 18.0 Å². The number of carboxylic acids is 1. The molecule has 1 rings (SSSR count). The smallest absolute Gasteiger partial charge is 0.323 e. The molecule has 0 saturated carbocycles. The number of carbonyl (C=O) groups is 2. The van der Waals surface area contributed by atoms with E-state index in [1.807, 2.05) is 6.92 Å². The summed E-state index contributed by atoms with van der Waals surface area (Å²) in [5.74, 6) is -1.54. The molecular weight excluding hydrogens is 246 g/mol. The number of nitrogens with zero attached hydrogens (tertiary/aromatic N) is 2. The Hall–Kier alpha value is -2.11. The van der Waals surface area contributed by atoms with Gasteiger partial charge >= 0.3 is 5.97 Å². The lowest BCUT2D eigenvalue weighted by Gasteiger charge is -2.25. The summed E-state index contributed by atoms with van der Waals surface area (Å²) >= 11 is 0. The van der Waals surface area contributed by atoms with E-state index in [9.17, 15) is 9.59 Å². The fraction of sp³-hybridized carbons (Fsp3) is 0.462. The van der Waals surface area contributed by atoms with E-state index >= 15 is 0 Å². The first-order chi connectivity index (χ1) is 8.86. The molecule has 0 bridgehead atoms. The van der Waals surface area contributed by atoms with E-state index in [-0.39, 0.29) is 6.54 Å². The van der Waals surface area contributed by atoms with Crippen LogP contribution >= 0.6 is 0 Å². The molecule has 0 atom stereocenters. The number of aliphatic carboxylic acids is 1. The molecule has 1 amide bonds. The van der Waals surface area contributed by atoms with E-state index in [0.717, 1.165) is 12.1 Å². The molecule has 3 N–H and O–H groups in total. The van der Waals surface area contributed by atoms with Gasteiger partial charge in [0, 0.05) is 12.2 Å². The van der Waals surface area contributed by atoms with Gasteiger partial charge in [0.05, 0.1) is 16.9 Å². The van der Waals surface area contributed by atoms with Gasteiger partial charge in [-0.1, -0.05) is 6.92 Å². The van der Waals surface area contributed by atoms with Crippen LogP contribution in [0.5, 0.6) is 0 Å². The van der Waals surface area contributed by atoms with E-state index in [1.165, 1.54) is 0 Å². The molecule has 6 nitrogen and oxygen atoms in total. The molecule has 0 unspecified atom stereocenters. The molecule has 0 spiro atoms. The molecule has 0 aliphatic heterocycles. The van der Waals surface area contributed by atoms with Crippen LogP contribution in [0.15, 0.2) is 6.07 Å². The van der Waals surface area contributed by atoms with Crippen LogP contribution in [0.2, 0.25) is 0 Å². The second-order valence-electron chi connectivity index (χ2n) is 4.42. The Kier molecular flexibility index (Phi) is 4.86. The van der Waals surface area contributed by atoms with Crippen molar-refractivity contribution < 1.29 is 14.7 Å². The maximum atomic E-state index is 11.6. The van der Waals surface area contributed by atoms with E-state index in [4.69, 9.17) is 10.8 Å². The van der Waals surface area contributed by atoms with Crippen LogP contribution in [0, 0.1) is 13.8 Å². The van der Waals surface area contributed by atoms with Gasteiger partial charge in [0.2, 0.25) is 0 Å². The number of rotatable bonds is 6. The number of primary amides is 1. The van der Waals surface area contributed by atoms with Crippen molar-refractivity contribution in [1.82, 2.24) is 4.98 Å². The fourth-order valence-electron chi connectivity index (χ4n) is 2.08. The average molecular weight is 265 g/mol. The number of aryl methyl sites for hydroxylation is 2. The number of nitrogens with two attached hydrogens (primary N) is 1. The third kappa shape index (κ3) is 3.67. The molecule has 1 aromatic rings.